The Bertz CT molecular complexity index is 626. The summed E-state index contributed by atoms with van der Waals surface area (Å²) in [6, 6.07) is 6.94. The highest BCUT2D eigenvalue weighted by atomic mass is 19.1. The number of carbonyl (C=O) groups excluding carboxylic acids is 1. The first-order valence-corrected chi connectivity index (χ1v) is 5.14. The molecule has 0 saturated carbocycles. The number of ketones is 1. The van der Waals surface area contributed by atoms with Gasteiger partial charge in [-0.25, -0.2) is 8.78 Å². The Hall–Kier alpha value is -2.43. The van der Waals surface area contributed by atoms with E-state index in [0.717, 1.165) is 18.2 Å². The number of carbonyl (C=O) groups is 1. The van der Waals surface area contributed by atoms with Crippen LogP contribution in [-0.2, 0) is 0 Å². The smallest absolute Gasteiger partial charge is 0.198 e. The van der Waals surface area contributed by atoms with Gasteiger partial charge < -0.3 is 11.5 Å². The van der Waals surface area contributed by atoms with E-state index in [9.17, 15) is 13.6 Å². The van der Waals surface area contributed by atoms with Crippen molar-refractivity contribution in [1.29, 1.82) is 0 Å². The van der Waals surface area contributed by atoms with Crippen molar-refractivity contribution >= 4 is 17.2 Å². The van der Waals surface area contributed by atoms with E-state index >= 15 is 0 Å². The second-order valence-corrected chi connectivity index (χ2v) is 3.80. The molecule has 2 aromatic rings. The van der Waals surface area contributed by atoms with Gasteiger partial charge in [0.25, 0.3) is 0 Å². The number of anilines is 2. The molecular weight excluding hydrogens is 238 g/mol. The fourth-order valence-corrected chi connectivity index (χ4v) is 1.60. The number of benzene rings is 2. The van der Waals surface area contributed by atoms with Crippen LogP contribution in [0, 0.1) is 11.6 Å². The Kier molecular flexibility index (Phi) is 2.97. The Balaban J connectivity index is 2.51. The molecule has 0 bridgehead atoms. The van der Waals surface area contributed by atoms with Crippen LogP contribution in [0.4, 0.5) is 20.2 Å². The van der Waals surface area contributed by atoms with Crippen LogP contribution in [0.25, 0.3) is 0 Å². The third-order valence-corrected chi connectivity index (χ3v) is 2.49. The third kappa shape index (κ3) is 2.15. The van der Waals surface area contributed by atoms with E-state index in [4.69, 9.17) is 11.5 Å². The molecule has 4 N–H and O–H groups in total. The van der Waals surface area contributed by atoms with Gasteiger partial charge in [0.05, 0.1) is 5.56 Å². The van der Waals surface area contributed by atoms with Crippen LogP contribution in [0.1, 0.15) is 15.9 Å². The summed E-state index contributed by atoms with van der Waals surface area (Å²) in [6.07, 6.45) is 0. The lowest BCUT2D eigenvalue weighted by atomic mass is 10.0. The second kappa shape index (κ2) is 4.44. The minimum absolute atomic E-state index is 0.0914. The first kappa shape index (κ1) is 12.0. The van der Waals surface area contributed by atoms with Crippen molar-refractivity contribution in [3.63, 3.8) is 0 Å². The van der Waals surface area contributed by atoms with E-state index in [-0.39, 0.29) is 16.8 Å². The van der Waals surface area contributed by atoms with Crippen LogP contribution in [0.2, 0.25) is 0 Å². The van der Waals surface area contributed by atoms with Crippen LogP contribution < -0.4 is 11.5 Å². The molecule has 0 amide bonds. The molecule has 0 aliphatic heterocycles. The van der Waals surface area contributed by atoms with E-state index in [1.807, 2.05) is 0 Å². The Morgan fingerprint density at radius 1 is 0.944 bits per heavy atom. The molecule has 0 radical (unpaired) electrons. The van der Waals surface area contributed by atoms with Gasteiger partial charge in [-0.2, -0.15) is 0 Å². The maximum absolute atomic E-state index is 13.5. The van der Waals surface area contributed by atoms with Gasteiger partial charge in [-0.1, -0.05) is 0 Å². The van der Waals surface area contributed by atoms with Crippen molar-refractivity contribution in [2.75, 3.05) is 11.5 Å². The van der Waals surface area contributed by atoms with E-state index in [2.05, 4.69) is 0 Å². The number of nitrogen functional groups attached to an aromatic ring is 2. The molecule has 3 nitrogen and oxygen atoms in total. The normalized spacial score (nSPS) is 10.3. The molecule has 0 heterocycles. The van der Waals surface area contributed by atoms with Gasteiger partial charge in [0.2, 0.25) is 0 Å². The van der Waals surface area contributed by atoms with E-state index in [1.54, 1.807) is 0 Å². The molecule has 0 atom stereocenters. The molecule has 0 aliphatic rings. The Morgan fingerprint density at radius 2 is 1.67 bits per heavy atom. The number of nitrogens with two attached hydrogens (primary N) is 2. The lowest BCUT2D eigenvalue weighted by Gasteiger charge is -2.06. The minimum atomic E-state index is -0.794. The molecule has 5 heteroatoms. The molecule has 2 aromatic carbocycles. The molecule has 0 aromatic heterocycles. The van der Waals surface area contributed by atoms with E-state index in [0.29, 0.717) is 5.69 Å². The zero-order valence-corrected chi connectivity index (χ0v) is 9.28. The summed E-state index contributed by atoms with van der Waals surface area (Å²) in [5.41, 5.74) is 11.4. The van der Waals surface area contributed by atoms with Gasteiger partial charge in [-0.3, -0.25) is 4.79 Å². The highest BCUT2D eigenvalue weighted by Gasteiger charge is 2.17. The lowest BCUT2D eigenvalue weighted by Crippen LogP contribution is -2.08. The van der Waals surface area contributed by atoms with Crippen molar-refractivity contribution in [2.24, 2.45) is 0 Å². The van der Waals surface area contributed by atoms with Crippen LogP contribution >= 0.6 is 0 Å². The summed E-state index contributed by atoms with van der Waals surface area (Å²) in [5, 5.41) is 0. The zero-order chi connectivity index (χ0) is 13.3. The Labute approximate surface area is 102 Å². The SMILES string of the molecule is Nc1ccc(C(=O)c2cc(F)ccc2F)c(N)c1. The number of rotatable bonds is 2. The molecule has 0 fully saturated rings. The summed E-state index contributed by atoms with van der Waals surface area (Å²) in [4.78, 5) is 12.0. The molecule has 18 heavy (non-hydrogen) atoms. The van der Waals surface area contributed by atoms with Crippen molar-refractivity contribution in [2.45, 2.75) is 0 Å². The number of hydrogen-bond donors (Lipinski definition) is 2. The zero-order valence-electron chi connectivity index (χ0n) is 9.28. The lowest BCUT2D eigenvalue weighted by molar-refractivity contribution is 0.103. The van der Waals surface area contributed by atoms with Gasteiger partial charge in [0.1, 0.15) is 11.6 Å². The van der Waals surface area contributed by atoms with Crippen molar-refractivity contribution in [3.8, 4) is 0 Å². The van der Waals surface area contributed by atoms with Crippen LogP contribution in [0.3, 0.4) is 0 Å². The highest BCUT2D eigenvalue weighted by molar-refractivity contribution is 6.12. The van der Waals surface area contributed by atoms with Crippen molar-refractivity contribution in [1.82, 2.24) is 0 Å². The average molecular weight is 248 g/mol. The summed E-state index contributed by atoms with van der Waals surface area (Å²) in [7, 11) is 0. The first-order valence-electron chi connectivity index (χ1n) is 5.14. The van der Waals surface area contributed by atoms with Crippen molar-refractivity contribution < 1.29 is 13.6 Å². The van der Waals surface area contributed by atoms with E-state index in [1.165, 1.54) is 18.2 Å². The predicted octanol–water partition coefficient (Wildman–Crippen LogP) is 2.36. The second-order valence-electron chi connectivity index (χ2n) is 3.80. The predicted molar refractivity (Wildman–Crippen MR) is 65.1 cm³/mol. The molecule has 0 aliphatic carbocycles. The fraction of sp³-hybridized carbons (Fsp3) is 0. The maximum atomic E-state index is 13.5. The Morgan fingerprint density at radius 3 is 2.33 bits per heavy atom. The number of hydrogen-bond acceptors (Lipinski definition) is 3. The number of halogens is 2. The quantitative estimate of drug-likeness (QED) is 0.633. The van der Waals surface area contributed by atoms with Crippen molar-refractivity contribution in [3.05, 3.63) is 59.2 Å². The average Bonchev–Trinajstić information content (AvgIpc) is 2.31. The summed E-state index contributed by atoms with van der Waals surface area (Å²) >= 11 is 0. The van der Waals surface area contributed by atoms with Crippen LogP contribution in [-0.4, -0.2) is 5.78 Å². The van der Waals surface area contributed by atoms with Crippen LogP contribution in [0.5, 0.6) is 0 Å². The summed E-state index contributed by atoms with van der Waals surface area (Å²) < 4.78 is 26.5. The fourth-order valence-electron chi connectivity index (χ4n) is 1.60. The van der Waals surface area contributed by atoms with Gasteiger partial charge in [0.15, 0.2) is 5.78 Å². The first-order chi connectivity index (χ1) is 8.49. The summed E-state index contributed by atoms with van der Waals surface area (Å²) in [5.74, 6) is -2.16. The van der Waals surface area contributed by atoms with Crippen LogP contribution in [0.15, 0.2) is 36.4 Å². The monoisotopic (exact) mass is 248 g/mol. The highest BCUT2D eigenvalue weighted by Crippen LogP contribution is 2.21. The standard InChI is InChI=1S/C13H10F2N2O/c14-7-1-4-11(15)10(5-7)13(18)9-3-2-8(16)6-12(9)17/h1-6H,16-17H2. The molecule has 2 rings (SSSR count). The third-order valence-electron chi connectivity index (χ3n) is 2.49. The topological polar surface area (TPSA) is 69.1 Å². The van der Waals surface area contributed by atoms with Gasteiger partial charge in [-0.15, -0.1) is 0 Å². The molecule has 0 spiro atoms. The minimum Gasteiger partial charge on any atom is -0.399 e. The van der Waals surface area contributed by atoms with Gasteiger partial charge >= 0.3 is 0 Å². The largest absolute Gasteiger partial charge is 0.399 e. The molecule has 92 valence electrons. The van der Waals surface area contributed by atoms with E-state index < -0.39 is 17.4 Å². The molecule has 0 unspecified atom stereocenters. The molecular formula is C13H10F2N2O. The van der Waals surface area contributed by atoms with Gasteiger partial charge in [0, 0.05) is 16.9 Å². The summed E-state index contributed by atoms with van der Waals surface area (Å²) in [6.45, 7) is 0. The maximum Gasteiger partial charge on any atom is 0.198 e. The molecule has 0 saturated heterocycles. The van der Waals surface area contributed by atoms with Gasteiger partial charge in [-0.05, 0) is 36.4 Å².